The van der Waals surface area contributed by atoms with Crippen LogP contribution in [0.2, 0.25) is 0 Å². The summed E-state index contributed by atoms with van der Waals surface area (Å²) in [6.45, 7) is 6.57. The van der Waals surface area contributed by atoms with Crippen molar-refractivity contribution in [3.63, 3.8) is 0 Å². The van der Waals surface area contributed by atoms with Crippen LogP contribution in [0.15, 0.2) is 60.8 Å². The lowest BCUT2D eigenvalue weighted by molar-refractivity contribution is -0.167. The third-order valence-corrected chi connectivity index (χ3v) is 12.2. The summed E-state index contributed by atoms with van der Waals surface area (Å²) >= 11 is 0. The first-order valence-corrected chi connectivity index (χ1v) is 28.3. The Balaban J connectivity index is 4.35. The maximum atomic E-state index is 12.8. The fourth-order valence-corrected chi connectivity index (χ4v) is 7.91. The van der Waals surface area contributed by atoms with Gasteiger partial charge in [-0.25, -0.2) is 0 Å². The van der Waals surface area contributed by atoms with E-state index in [1.807, 2.05) is 0 Å². The molecule has 66 heavy (non-hydrogen) atoms. The first-order valence-electron chi connectivity index (χ1n) is 28.3. The summed E-state index contributed by atoms with van der Waals surface area (Å²) in [5.74, 6) is -0.904. The predicted octanol–water partition coefficient (Wildman–Crippen LogP) is 18.8. The fraction of sp³-hybridized carbons (Fsp3) is 0.783. The van der Waals surface area contributed by atoms with E-state index in [0.29, 0.717) is 19.3 Å². The summed E-state index contributed by atoms with van der Waals surface area (Å²) in [5.41, 5.74) is 0. The average molecular weight is 924 g/mol. The second kappa shape index (κ2) is 54.7. The number of esters is 3. The van der Waals surface area contributed by atoms with Crippen molar-refractivity contribution in [2.45, 2.75) is 290 Å². The summed E-state index contributed by atoms with van der Waals surface area (Å²) in [6, 6.07) is 0. The first kappa shape index (κ1) is 63.1. The first-order chi connectivity index (χ1) is 32.5. The maximum absolute atomic E-state index is 12.8. The zero-order chi connectivity index (χ0) is 47.9. The van der Waals surface area contributed by atoms with Gasteiger partial charge in [0.1, 0.15) is 13.2 Å². The van der Waals surface area contributed by atoms with Gasteiger partial charge in [0.25, 0.3) is 0 Å². The molecule has 0 radical (unpaired) electrons. The van der Waals surface area contributed by atoms with Gasteiger partial charge >= 0.3 is 17.9 Å². The van der Waals surface area contributed by atoms with Crippen LogP contribution in [0.5, 0.6) is 0 Å². The molecule has 1 unspecified atom stereocenters. The Kier molecular flexibility index (Phi) is 52.3. The summed E-state index contributed by atoms with van der Waals surface area (Å²) in [4.78, 5) is 38.1. The minimum Gasteiger partial charge on any atom is -0.462 e. The molecule has 0 aromatic rings. The molecule has 0 aliphatic carbocycles. The quantitative estimate of drug-likeness (QED) is 0.0262. The molecule has 6 nitrogen and oxygen atoms in total. The number of hydrogen-bond donors (Lipinski definition) is 0. The van der Waals surface area contributed by atoms with E-state index in [9.17, 15) is 14.4 Å². The Morgan fingerprint density at radius 2 is 0.545 bits per heavy atom. The van der Waals surface area contributed by atoms with Crippen LogP contribution in [0.25, 0.3) is 0 Å². The smallest absolute Gasteiger partial charge is 0.306 e. The van der Waals surface area contributed by atoms with Crippen LogP contribution in [0.1, 0.15) is 284 Å². The summed E-state index contributed by atoms with van der Waals surface area (Å²) in [5, 5.41) is 0. The van der Waals surface area contributed by atoms with Gasteiger partial charge in [0.15, 0.2) is 6.10 Å². The Bertz CT molecular complexity index is 1200. The molecule has 0 spiro atoms. The van der Waals surface area contributed by atoms with Crippen molar-refractivity contribution in [3.05, 3.63) is 60.8 Å². The molecule has 0 aromatic carbocycles. The second-order valence-corrected chi connectivity index (χ2v) is 18.8. The Morgan fingerprint density at radius 3 is 0.879 bits per heavy atom. The molecule has 382 valence electrons. The molecule has 0 aromatic heterocycles. The van der Waals surface area contributed by atoms with E-state index < -0.39 is 6.10 Å². The van der Waals surface area contributed by atoms with E-state index in [1.54, 1.807) is 0 Å². The third kappa shape index (κ3) is 52.1. The maximum Gasteiger partial charge on any atom is 0.306 e. The SMILES string of the molecule is CCCCC/C=C\C/C=C\CCCCCCCC(=O)OC(COC(=O)CCCCCCC/C=C\CCCCC)COC(=O)CCCCCCCCCCC/C=C\C/C=C\CCCCCCC. The monoisotopic (exact) mass is 923 g/mol. The zero-order valence-corrected chi connectivity index (χ0v) is 43.7. The molecule has 0 heterocycles. The molecule has 6 heteroatoms. The standard InChI is InChI=1S/C60H106O6/c1-4-7-10-13-16-19-22-25-27-28-29-30-31-32-34-35-38-41-44-47-50-53-59(62)65-56-57(55-64-58(61)52-49-46-43-40-37-24-21-18-15-12-9-6-3)66-60(63)54-51-48-45-42-39-36-33-26-23-20-17-14-11-8-5-2/h17-18,20-22,25-26,28-29,33,57H,4-16,19,23-24,27,30-32,34-56H2,1-3H3/b20-17-,21-18-,25-22-,29-28-,33-26-. The minimum atomic E-state index is -0.786. The molecule has 0 aliphatic rings. The predicted molar refractivity (Wildman–Crippen MR) is 284 cm³/mol. The summed E-state index contributed by atoms with van der Waals surface area (Å²) in [7, 11) is 0. The minimum absolute atomic E-state index is 0.0842. The van der Waals surface area contributed by atoms with Crippen LogP contribution >= 0.6 is 0 Å². The molecule has 0 saturated heterocycles. The van der Waals surface area contributed by atoms with Crippen LogP contribution in [0, 0.1) is 0 Å². The van der Waals surface area contributed by atoms with Gasteiger partial charge in [0.05, 0.1) is 0 Å². The van der Waals surface area contributed by atoms with Gasteiger partial charge in [-0.05, 0) is 109 Å². The van der Waals surface area contributed by atoms with E-state index >= 15 is 0 Å². The van der Waals surface area contributed by atoms with Gasteiger partial charge in [-0.1, -0.05) is 216 Å². The van der Waals surface area contributed by atoms with Gasteiger partial charge in [-0.3, -0.25) is 14.4 Å². The Labute approximate surface area is 409 Å². The largest absolute Gasteiger partial charge is 0.462 e. The van der Waals surface area contributed by atoms with Crippen LogP contribution in [0.4, 0.5) is 0 Å². The van der Waals surface area contributed by atoms with Crippen LogP contribution < -0.4 is 0 Å². The van der Waals surface area contributed by atoms with E-state index in [1.165, 1.54) is 148 Å². The summed E-state index contributed by atoms with van der Waals surface area (Å²) < 4.78 is 16.8. The molecule has 0 saturated carbocycles. The number of hydrogen-bond acceptors (Lipinski definition) is 6. The number of allylic oxidation sites excluding steroid dienone is 10. The van der Waals surface area contributed by atoms with Crippen LogP contribution in [-0.4, -0.2) is 37.2 Å². The lowest BCUT2D eigenvalue weighted by atomic mass is 10.1. The lowest BCUT2D eigenvalue weighted by Gasteiger charge is -2.18. The van der Waals surface area contributed by atoms with E-state index in [4.69, 9.17) is 14.2 Å². The van der Waals surface area contributed by atoms with E-state index in [-0.39, 0.29) is 31.1 Å². The number of unbranched alkanes of at least 4 members (excludes halogenated alkanes) is 30. The molecule has 0 bridgehead atoms. The topological polar surface area (TPSA) is 78.9 Å². The van der Waals surface area contributed by atoms with Gasteiger partial charge in [-0.15, -0.1) is 0 Å². The van der Waals surface area contributed by atoms with Crippen molar-refractivity contribution in [2.24, 2.45) is 0 Å². The Morgan fingerprint density at radius 1 is 0.303 bits per heavy atom. The van der Waals surface area contributed by atoms with Crippen molar-refractivity contribution in [3.8, 4) is 0 Å². The van der Waals surface area contributed by atoms with Gasteiger partial charge < -0.3 is 14.2 Å². The van der Waals surface area contributed by atoms with Crippen molar-refractivity contribution in [1.82, 2.24) is 0 Å². The second-order valence-electron chi connectivity index (χ2n) is 18.8. The fourth-order valence-electron chi connectivity index (χ4n) is 7.91. The summed E-state index contributed by atoms with van der Waals surface area (Å²) in [6.07, 6.45) is 67.8. The number of carbonyl (C=O) groups is 3. The van der Waals surface area contributed by atoms with Crippen LogP contribution in [-0.2, 0) is 28.6 Å². The van der Waals surface area contributed by atoms with Crippen molar-refractivity contribution in [1.29, 1.82) is 0 Å². The molecule has 0 rings (SSSR count). The van der Waals surface area contributed by atoms with Gasteiger partial charge in [0.2, 0.25) is 0 Å². The molecular formula is C60H106O6. The highest BCUT2D eigenvalue weighted by Gasteiger charge is 2.19. The molecule has 0 N–H and O–H groups in total. The lowest BCUT2D eigenvalue weighted by Crippen LogP contribution is -2.30. The highest BCUT2D eigenvalue weighted by Crippen LogP contribution is 2.15. The third-order valence-electron chi connectivity index (χ3n) is 12.2. The molecule has 0 amide bonds. The van der Waals surface area contributed by atoms with Crippen molar-refractivity contribution >= 4 is 17.9 Å². The highest BCUT2D eigenvalue weighted by molar-refractivity contribution is 5.71. The Hall–Kier alpha value is -2.89. The number of carbonyl (C=O) groups excluding carboxylic acids is 3. The molecule has 1 atom stereocenters. The average Bonchev–Trinajstić information content (AvgIpc) is 3.31. The van der Waals surface area contributed by atoms with E-state index in [0.717, 1.165) is 96.3 Å². The normalized spacial score (nSPS) is 12.5. The highest BCUT2D eigenvalue weighted by atomic mass is 16.6. The van der Waals surface area contributed by atoms with Crippen molar-refractivity contribution < 1.29 is 28.6 Å². The number of ether oxygens (including phenoxy) is 3. The molecule has 0 aliphatic heterocycles. The molecular weight excluding hydrogens is 817 g/mol. The van der Waals surface area contributed by atoms with Crippen LogP contribution in [0.3, 0.4) is 0 Å². The number of rotatable bonds is 51. The van der Waals surface area contributed by atoms with Crippen molar-refractivity contribution in [2.75, 3.05) is 13.2 Å². The van der Waals surface area contributed by atoms with E-state index in [2.05, 4.69) is 81.5 Å². The molecule has 0 fully saturated rings. The van der Waals surface area contributed by atoms with Gasteiger partial charge in [0, 0.05) is 19.3 Å². The zero-order valence-electron chi connectivity index (χ0n) is 43.7. The van der Waals surface area contributed by atoms with Gasteiger partial charge in [-0.2, -0.15) is 0 Å².